The minimum absolute atomic E-state index is 1.06. The first-order valence-electron chi connectivity index (χ1n) is 7.60. The van der Waals surface area contributed by atoms with Crippen LogP contribution in [0.5, 0.6) is 0 Å². The molecule has 0 radical (unpaired) electrons. The second-order valence-corrected chi connectivity index (χ2v) is 4.70. The third-order valence-electron chi connectivity index (χ3n) is 3.13. The first kappa shape index (κ1) is 17.5. The number of hydrogen-bond donors (Lipinski definition) is 0. The zero-order valence-electron chi connectivity index (χ0n) is 13.5. The van der Waals surface area contributed by atoms with Gasteiger partial charge in [-0.25, -0.2) is 0 Å². The molecule has 0 unspecified atom stereocenters. The van der Waals surface area contributed by atoms with Gasteiger partial charge in [-0.1, -0.05) is 86.3 Å². The molecule has 0 aromatic heterocycles. The molecule has 22 heavy (non-hydrogen) atoms. The van der Waals surface area contributed by atoms with Gasteiger partial charge in [0.05, 0.1) is 0 Å². The Morgan fingerprint density at radius 1 is 0.955 bits per heavy atom. The molecule has 0 aliphatic rings. The average molecular weight is 288 g/mol. The van der Waals surface area contributed by atoms with E-state index in [1.54, 1.807) is 0 Å². The fraction of sp³-hybridized carbons (Fsp3) is 0.136. The van der Waals surface area contributed by atoms with Crippen molar-refractivity contribution in [2.45, 2.75) is 20.3 Å². The maximum atomic E-state index is 3.63. The van der Waals surface area contributed by atoms with E-state index in [-0.39, 0.29) is 0 Å². The van der Waals surface area contributed by atoms with Crippen LogP contribution in [0.25, 0.3) is 12.2 Å². The van der Waals surface area contributed by atoms with Crippen LogP contribution in [0.1, 0.15) is 31.4 Å². The molecule has 112 valence electrons. The van der Waals surface area contributed by atoms with Gasteiger partial charge < -0.3 is 0 Å². The number of allylic oxidation sites excluding steroid dienone is 3. The van der Waals surface area contributed by atoms with Crippen molar-refractivity contribution < 1.29 is 0 Å². The monoisotopic (exact) mass is 288 g/mol. The summed E-state index contributed by atoms with van der Waals surface area (Å²) in [5, 5.41) is 0. The van der Waals surface area contributed by atoms with Gasteiger partial charge in [0.25, 0.3) is 0 Å². The summed E-state index contributed by atoms with van der Waals surface area (Å²) >= 11 is 0. The summed E-state index contributed by atoms with van der Waals surface area (Å²) in [7, 11) is 0. The second kappa shape index (κ2) is 11.1. The van der Waals surface area contributed by atoms with Crippen molar-refractivity contribution in [1.29, 1.82) is 0 Å². The highest BCUT2D eigenvalue weighted by Crippen LogP contribution is 2.03. The average Bonchev–Trinajstić information content (AvgIpc) is 2.61. The maximum absolute atomic E-state index is 3.63. The van der Waals surface area contributed by atoms with Crippen LogP contribution >= 0.6 is 0 Å². The molecular formula is C22H24. The molecule has 0 nitrogen and oxygen atoms in total. The number of rotatable bonds is 4. The Balaban J connectivity index is 0.000000255. The van der Waals surface area contributed by atoms with Crippen molar-refractivity contribution >= 4 is 12.2 Å². The predicted molar refractivity (Wildman–Crippen MR) is 99.6 cm³/mol. The van der Waals surface area contributed by atoms with Gasteiger partial charge in [-0.05, 0) is 42.2 Å². The van der Waals surface area contributed by atoms with Crippen LogP contribution in [0.15, 0.2) is 90.7 Å². The first-order valence-corrected chi connectivity index (χ1v) is 7.60. The standard InChI is InChI=1S/C14H16.C8H8/c1-3-13(4-2)11-8-12-14-9-6-5-7-10-14;1-2-8-6-4-3-5-7-8/h3,5-7,9-12H,4H2,1-2H3;2-7H,1H2. The van der Waals surface area contributed by atoms with Gasteiger partial charge in [-0.2, -0.15) is 0 Å². The Labute approximate surface area is 134 Å². The maximum Gasteiger partial charge on any atom is -0.0127 e. The topological polar surface area (TPSA) is 0 Å². The van der Waals surface area contributed by atoms with Crippen LogP contribution in [-0.4, -0.2) is 0 Å². The van der Waals surface area contributed by atoms with Crippen molar-refractivity contribution in [3.05, 3.63) is 102 Å². The molecule has 2 aromatic carbocycles. The molecule has 0 saturated carbocycles. The molecular weight excluding hydrogens is 264 g/mol. The van der Waals surface area contributed by atoms with Crippen molar-refractivity contribution in [2.75, 3.05) is 0 Å². The molecule has 0 fully saturated rings. The van der Waals surface area contributed by atoms with Gasteiger partial charge in [-0.3, -0.25) is 0 Å². The van der Waals surface area contributed by atoms with E-state index in [0.717, 1.165) is 6.42 Å². The summed E-state index contributed by atoms with van der Waals surface area (Å²) in [4.78, 5) is 0. The van der Waals surface area contributed by atoms with E-state index in [1.807, 2.05) is 66.8 Å². The smallest absolute Gasteiger partial charge is 0.0127 e. The fourth-order valence-corrected chi connectivity index (χ4v) is 1.77. The summed E-state index contributed by atoms with van der Waals surface area (Å²) < 4.78 is 0. The number of benzene rings is 2. The summed E-state index contributed by atoms with van der Waals surface area (Å²) in [6, 6.07) is 20.3. The third kappa shape index (κ3) is 7.28. The van der Waals surface area contributed by atoms with Gasteiger partial charge in [0.2, 0.25) is 0 Å². The number of hydrogen-bond acceptors (Lipinski definition) is 0. The summed E-state index contributed by atoms with van der Waals surface area (Å²) in [5.74, 6) is 0. The van der Waals surface area contributed by atoms with Crippen LogP contribution in [0.3, 0.4) is 0 Å². The van der Waals surface area contributed by atoms with Gasteiger partial charge in [0.1, 0.15) is 0 Å². The van der Waals surface area contributed by atoms with Crippen LogP contribution in [0, 0.1) is 0 Å². The molecule has 0 bridgehead atoms. The normalized spacial score (nSPS) is 9.82. The first-order chi connectivity index (χ1) is 10.8. The van der Waals surface area contributed by atoms with E-state index >= 15 is 0 Å². The molecule has 0 heterocycles. The van der Waals surface area contributed by atoms with E-state index in [1.165, 1.54) is 16.7 Å². The molecule has 2 aromatic rings. The van der Waals surface area contributed by atoms with Gasteiger partial charge in [0.15, 0.2) is 0 Å². The van der Waals surface area contributed by atoms with E-state index in [9.17, 15) is 0 Å². The second-order valence-electron chi connectivity index (χ2n) is 4.70. The van der Waals surface area contributed by atoms with Crippen LogP contribution in [0.4, 0.5) is 0 Å². The van der Waals surface area contributed by atoms with Crippen molar-refractivity contribution in [1.82, 2.24) is 0 Å². The molecule has 0 heteroatoms. The minimum Gasteiger partial charge on any atom is -0.120 e. The van der Waals surface area contributed by atoms with Crippen LogP contribution in [0.2, 0.25) is 0 Å². The molecule has 0 N–H and O–H groups in total. The van der Waals surface area contributed by atoms with E-state index in [2.05, 4.69) is 44.4 Å². The minimum atomic E-state index is 1.06. The fourth-order valence-electron chi connectivity index (χ4n) is 1.77. The summed E-state index contributed by atoms with van der Waals surface area (Å²) in [5.41, 5.74) is 6.87. The SMILES string of the molecule is C=Cc1ccccc1.CC=C(C=C=Cc1ccccc1)CC. The van der Waals surface area contributed by atoms with E-state index in [0.29, 0.717) is 0 Å². The Morgan fingerprint density at radius 3 is 1.91 bits per heavy atom. The van der Waals surface area contributed by atoms with Gasteiger partial charge in [-0.15, -0.1) is 5.73 Å². The Hall–Kier alpha value is -2.56. The largest absolute Gasteiger partial charge is 0.120 e. The van der Waals surface area contributed by atoms with E-state index in [4.69, 9.17) is 0 Å². The molecule has 2 rings (SSSR count). The van der Waals surface area contributed by atoms with Gasteiger partial charge in [0, 0.05) is 0 Å². The molecule has 0 amide bonds. The van der Waals surface area contributed by atoms with Crippen LogP contribution < -0.4 is 0 Å². The van der Waals surface area contributed by atoms with Crippen molar-refractivity contribution in [3.8, 4) is 0 Å². The highest BCUT2D eigenvalue weighted by Gasteiger charge is 1.83. The summed E-state index contributed by atoms with van der Waals surface area (Å²) in [6.07, 6.45) is 9.05. The molecule has 0 aliphatic carbocycles. The highest BCUT2D eigenvalue weighted by molar-refractivity contribution is 5.48. The Bertz CT molecular complexity index is 624. The van der Waals surface area contributed by atoms with Gasteiger partial charge >= 0.3 is 0 Å². The zero-order chi connectivity index (χ0) is 16.0. The van der Waals surface area contributed by atoms with Crippen LogP contribution in [-0.2, 0) is 0 Å². The molecule has 0 spiro atoms. The highest BCUT2D eigenvalue weighted by atomic mass is 13.9. The lowest BCUT2D eigenvalue weighted by molar-refractivity contribution is 1.14. The van der Waals surface area contributed by atoms with Crippen molar-refractivity contribution in [3.63, 3.8) is 0 Å². The zero-order valence-corrected chi connectivity index (χ0v) is 13.5. The van der Waals surface area contributed by atoms with E-state index < -0.39 is 0 Å². The lowest BCUT2D eigenvalue weighted by Crippen LogP contribution is -1.70. The lowest BCUT2D eigenvalue weighted by Gasteiger charge is -1.90. The molecule has 0 atom stereocenters. The summed E-state index contributed by atoms with van der Waals surface area (Å²) in [6.45, 7) is 7.83. The predicted octanol–water partition coefficient (Wildman–Crippen LogP) is 6.54. The third-order valence-corrected chi connectivity index (χ3v) is 3.13. The molecule has 0 saturated heterocycles. The Morgan fingerprint density at radius 2 is 1.50 bits per heavy atom. The Kier molecular flexibility index (Phi) is 8.86. The quantitative estimate of drug-likeness (QED) is 0.442. The van der Waals surface area contributed by atoms with Crippen molar-refractivity contribution in [2.24, 2.45) is 0 Å². The lowest BCUT2D eigenvalue weighted by atomic mass is 10.2. The molecule has 0 aliphatic heterocycles.